The second kappa shape index (κ2) is 10.8. The Balaban J connectivity index is 1.87. The minimum Gasteiger partial charge on any atom is -0.458 e. The Hall–Kier alpha value is -3.59. The van der Waals surface area contributed by atoms with E-state index in [1.54, 1.807) is 32.9 Å². The second-order valence-electron chi connectivity index (χ2n) is 11.8. The van der Waals surface area contributed by atoms with Crippen LogP contribution >= 0.6 is 0 Å². The molecule has 1 N–H and O–H groups in total. The molecule has 2 heterocycles. The lowest BCUT2D eigenvalue weighted by Crippen LogP contribution is -2.72. The van der Waals surface area contributed by atoms with Crippen molar-refractivity contribution < 1.29 is 38.5 Å². The number of hydrogen-bond donors (Lipinski definition) is 1. The van der Waals surface area contributed by atoms with Crippen molar-refractivity contribution in [2.75, 3.05) is 6.61 Å². The Morgan fingerprint density at radius 1 is 1.18 bits per heavy atom. The lowest BCUT2D eigenvalue weighted by Gasteiger charge is -2.64. The number of aromatic nitrogens is 1. The number of pyridine rings is 1. The summed E-state index contributed by atoms with van der Waals surface area (Å²) in [6.45, 7) is 10.6. The lowest BCUT2D eigenvalue weighted by atomic mass is 9.44. The van der Waals surface area contributed by atoms with Gasteiger partial charge in [-0.25, -0.2) is 14.4 Å². The highest BCUT2D eigenvalue weighted by molar-refractivity contribution is 6.34. The van der Waals surface area contributed by atoms with Gasteiger partial charge in [0.1, 0.15) is 12.2 Å². The molecule has 40 heavy (non-hydrogen) atoms. The van der Waals surface area contributed by atoms with E-state index in [9.17, 15) is 24.3 Å². The fraction of sp³-hybridized carbons (Fsp3) is 0.516. The van der Waals surface area contributed by atoms with Gasteiger partial charge in [-0.1, -0.05) is 51.5 Å². The van der Waals surface area contributed by atoms with Crippen molar-refractivity contribution in [2.24, 2.45) is 22.7 Å². The Morgan fingerprint density at radius 3 is 2.50 bits per heavy atom. The Kier molecular flexibility index (Phi) is 7.91. The van der Waals surface area contributed by atoms with E-state index in [-0.39, 0.29) is 18.1 Å². The minimum absolute atomic E-state index is 0.116. The molecule has 4 rings (SSSR count). The molecular formula is C31H37NO8. The summed E-state index contributed by atoms with van der Waals surface area (Å²) >= 11 is 0. The molecular weight excluding hydrogens is 514 g/mol. The van der Waals surface area contributed by atoms with Crippen LogP contribution in [0.1, 0.15) is 64.7 Å². The van der Waals surface area contributed by atoms with Gasteiger partial charge in [0.15, 0.2) is 12.2 Å². The van der Waals surface area contributed by atoms with Crippen LogP contribution < -0.4 is 0 Å². The highest BCUT2D eigenvalue weighted by Gasteiger charge is 2.69. The van der Waals surface area contributed by atoms with Gasteiger partial charge in [0.05, 0.1) is 5.56 Å². The summed E-state index contributed by atoms with van der Waals surface area (Å²) in [7, 11) is 0. The van der Waals surface area contributed by atoms with E-state index in [1.807, 2.05) is 26.8 Å². The third-order valence-corrected chi connectivity index (χ3v) is 9.13. The molecule has 1 aliphatic heterocycles. The molecule has 6 atom stereocenters. The molecule has 0 radical (unpaired) electrons. The first kappa shape index (κ1) is 29.4. The van der Waals surface area contributed by atoms with Crippen LogP contribution in [0.2, 0.25) is 0 Å². The molecule has 0 spiro atoms. The third kappa shape index (κ3) is 4.91. The van der Waals surface area contributed by atoms with E-state index in [0.717, 1.165) is 12.0 Å². The summed E-state index contributed by atoms with van der Waals surface area (Å²) in [4.78, 5) is 54.7. The molecule has 1 saturated carbocycles. The molecule has 1 aromatic rings. The quantitative estimate of drug-likeness (QED) is 0.232. The molecule has 9 heteroatoms. The molecule has 0 saturated heterocycles. The number of esters is 3. The molecule has 0 aromatic carbocycles. The zero-order valence-electron chi connectivity index (χ0n) is 23.8. The number of hydrogen-bond acceptors (Lipinski definition) is 9. The molecule has 2 aliphatic carbocycles. The van der Waals surface area contributed by atoms with E-state index in [0.29, 0.717) is 12.0 Å². The smallest absolute Gasteiger partial charge is 0.375 e. The van der Waals surface area contributed by atoms with Crippen molar-refractivity contribution in [1.82, 2.24) is 4.98 Å². The molecule has 214 valence electrons. The van der Waals surface area contributed by atoms with Gasteiger partial charge in [0, 0.05) is 35.2 Å². The van der Waals surface area contributed by atoms with Gasteiger partial charge in [0.2, 0.25) is 5.78 Å². The molecule has 1 aromatic heterocycles. The summed E-state index contributed by atoms with van der Waals surface area (Å²) in [6, 6.07) is 3.13. The maximum atomic E-state index is 13.4. The van der Waals surface area contributed by atoms with Crippen LogP contribution in [0.3, 0.4) is 0 Å². The van der Waals surface area contributed by atoms with Crippen LogP contribution in [0, 0.1) is 22.7 Å². The number of rotatable bonds is 7. The summed E-state index contributed by atoms with van der Waals surface area (Å²) < 4.78 is 17.0. The van der Waals surface area contributed by atoms with Crippen LogP contribution in [0.5, 0.6) is 0 Å². The number of allylic oxidation sites excluding steroid dienone is 1. The van der Waals surface area contributed by atoms with Crippen molar-refractivity contribution in [1.29, 1.82) is 0 Å². The number of cyclic esters (lactones) is 1. The fourth-order valence-electron chi connectivity index (χ4n) is 6.36. The van der Waals surface area contributed by atoms with Crippen LogP contribution in [0.25, 0.3) is 0 Å². The average Bonchev–Trinajstić information content (AvgIpc) is 3.34. The topological polar surface area (TPSA) is 129 Å². The first-order valence-corrected chi connectivity index (χ1v) is 13.6. The van der Waals surface area contributed by atoms with Crippen molar-refractivity contribution >= 4 is 23.7 Å². The Bertz CT molecular complexity index is 1290. The maximum Gasteiger partial charge on any atom is 0.375 e. The molecule has 0 amide bonds. The standard InChI is InChI=1S/C31H37NO8/c1-18(2)24(34)28(36)39-25-26(40-27(35)21-10-8-14-32-16-21)31(6,37)29(4,13-12-20-15-23(33)38-17-20)22-11-7-9-19(3)30(22,25)5/h8-10,12-16,18,22,25-26,37H,7,11,17H2,1-6H3/b13-12+/t22-,25+,26+,29+,30+,31+/m1/s1. The van der Waals surface area contributed by atoms with Crippen LogP contribution in [-0.2, 0) is 28.6 Å². The van der Waals surface area contributed by atoms with Crippen molar-refractivity contribution in [2.45, 2.75) is 72.2 Å². The van der Waals surface area contributed by atoms with E-state index in [2.05, 4.69) is 11.1 Å². The highest BCUT2D eigenvalue weighted by atomic mass is 16.6. The van der Waals surface area contributed by atoms with Gasteiger partial charge in [-0.3, -0.25) is 9.78 Å². The molecule has 3 aliphatic rings. The lowest BCUT2D eigenvalue weighted by molar-refractivity contribution is -0.257. The number of carbonyl (C=O) groups is 4. The summed E-state index contributed by atoms with van der Waals surface area (Å²) in [6.07, 6.45) is 8.73. The normalized spacial score (nSPS) is 33.6. The first-order valence-electron chi connectivity index (χ1n) is 13.6. The van der Waals surface area contributed by atoms with Gasteiger partial charge in [-0.05, 0) is 50.3 Å². The molecule has 1 fully saturated rings. The summed E-state index contributed by atoms with van der Waals surface area (Å²) in [5.41, 5.74) is -2.02. The van der Waals surface area contributed by atoms with E-state index >= 15 is 0 Å². The number of aliphatic hydroxyl groups is 1. The van der Waals surface area contributed by atoms with Gasteiger partial charge in [-0.15, -0.1) is 0 Å². The minimum atomic E-state index is -1.78. The monoisotopic (exact) mass is 551 g/mol. The number of ether oxygens (including phenoxy) is 3. The zero-order chi connectivity index (χ0) is 29.5. The maximum absolute atomic E-state index is 13.4. The summed E-state index contributed by atoms with van der Waals surface area (Å²) in [5, 5.41) is 12.4. The van der Waals surface area contributed by atoms with Crippen molar-refractivity contribution in [3.8, 4) is 0 Å². The first-order chi connectivity index (χ1) is 18.7. The zero-order valence-corrected chi connectivity index (χ0v) is 23.8. The molecule has 9 nitrogen and oxygen atoms in total. The largest absolute Gasteiger partial charge is 0.458 e. The highest BCUT2D eigenvalue weighted by Crippen LogP contribution is 2.63. The molecule has 0 unspecified atom stereocenters. The van der Waals surface area contributed by atoms with Gasteiger partial charge in [-0.2, -0.15) is 0 Å². The van der Waals surface area contributed by atoms with Crippen LogP contribution in [-0.4, -0.2) is 58.2 Å². The second-order valence-corrected chi connectivity index (χ2v) is 11.8. The van der Waals surface area contributed by atoms with E-state index in [4.69, 9.17) is 14.2 Å². The van der Waals surface area contributed by atoms with Gasteiger partial charge in [0.25, 0.3) is 0 Å². The SMILES string of the molecule is CC1=CCC[C@H]2[C@@]1(C)[C@@H](OC(=O)C(=O)C(C)C)[C@H](OC(=O)c1cccnc1)[C@](C)(O)[C@@]2(C)/C=C/C1=CC(=O)OC1. The van der Waals surface area contributed by atoms with E-state index < -0.39 is 58.2 Å². The van der Waals surface area contributed by atoms with Crippen molar-refractivity contribution in [3.05, 3.63) is 65.5 Å². The Labute approximate surface area is 234 Å². The number of ketones is 1. The number of nitrogens with zero attached hydrogens (tertiary/aromatic N) is 1. The molecule has 0 bridgehead atoms. The predicted octanol–water partition coefficient (Wildman–Crippen LogP) is 3.92. The number of Topliss-reactive ketones (excluding diaryl/α,β-unsaturated/α-hetero) is 1. The predicted molar refractivity (Wildman–Crippen MR) is 145 cm³/mol. The third-order valence-electron chi connectivity index (χ3n) is 9.13. The number of carbonyl (C=O) groups excluding carboxylic acids is 4. The summed E-state index contributed by atoms with van der Waals surface area (Å²) in [5.74, 6) is -3.83. The van der Waals surface area contributed by atoms with Gasteiger partial charge < -0.3 is 19.3 Å². The number of fused-ring (bicyclic) bond motifs is 1. The van der Waals surface area contributed by atoms with Crippen molar-refractivity contribution in [3.63, 3.8) is 0 Å². The fourth-order valence-corrected chi connectivity index (χ4v) is 6.36. The van der Waals surface area contributed by atoms with Crippen LogP contribution in [0.15, 0.2) is 60.0 Å². The average molecular weight is 552 g/mol. The van der Waals surface area contributed by atoms with E-state index in [1.165, 1.54) is 24.5 Å². The van der Waals surface area contributed by atoms with Gasteiger partial charge >= 0.3 is 17.9 Å². The Morgan fingerprint density at radius 2 is 1.90 bits per heavy atom. The van der Waals surface area contributed by atoms with Crippen LogP contribution in [0.4, 0.5) is 0 Å².